The van der Waals surface area contributed by atoms with Crippen molar-refractivity contribution in [2.75, 3.05) is 17.8 Å². The van der Waals surface area contributed by atoms with Crippen LogP contribution in [0.1, 0.15) is 58.6 Å². The summed E-state index contributed by atoms with van der Waals surface area (Å²) in [5, 5.41) is 8.11. The van der Waals surface area contributed by atoms with Gasteiger partial charge in [-0.15, -0.1) is 29.2 Å². The van der Waals surface area contributed by atoms with Gasteiger partial charge in [0.15, 0.2) is 0 Å². The summed E-state index contributed by atoms with van der Waals surface area (Å²) in [7, 11) is 0. The van der Waals surface area contributed by atoms with Gasteiger partial charge in [-0.25, -0.2) is 0 Å². The summed E-state index contributed by atoms with van der Waals surface area (Å²) in [6.07, 6.45) is 10.5. The van der Waals surface area contributed by atoms with Gasteiger partial charge in [-0.2, -0.15) is 12.1 Å². The molecule has 0 atom stereocenters. The second-order valence-electron chi connectivity index (χ2n) is 11.2. The Balaban J connectivity index is 0.000000837. The number of hydrogen-bond acceptors (Lipinski definition) is 5. The van der Waals surface area contributed by atoms with E-state index < -0.39 is 0 Å². The third-order valence-corrected chi connectivity index (χ3v) is 8.42. The molecule has 0 spiro atoms. The number of allylic oxidation sites excluding steroid dienone is 4. The largest absolute Gasteiger partial charge is 1.00 e. The first-order chi connectivity index (χ1) is 23.1. The summed E-state index contributed by atoms with van der Waals surface area (Å²) in [5.41, 5.74) is 10.5. The molecule has 4 nitrogen and oxygen atoms in total. The number of hydrogen-bond donors (Lipinski definition) is 1. The maximum absolute atomic E-state index is 4.69. The Morgan fingerprint density at radius 1 is 0.680 bits per heavy atom. The van der Waals surface area contributed by atoms with E-state index in [2.05, 4.69) is 105 Å². The van der Waals surface area contributed by atoms with Crippen molar-refractivity contribution in [1.82, 2.24) is 0 Å². The topological polar surface area (TPSA) is 50.9 Å². The molecular formula is C42H52Li2N4S2. The monoisotopic (exact) mass is 690 g/mol. The zero-order valence-electron chi connectivity index (χ0n) is 32.2. The number of unbranched alkanes of at least 4 members (excludes halogenated alkanes) is 1. The Morgan fingerprint density at radius 3 is 1.74 bits per heavy atom. The molecule has 0 aromatic heterocycles. The van der Waals surface area contributed by atoms with Crippen molar-refractivity contribution in [3.05, 3.63) is 144 Å². The van der Waals surface area contributed by atoms with Crippen LogP contribution in [-0.4, -0.2) is 23.9 Å². The standard InChI is InChI=1S/C19H22N2S.C19H21N2S.C4H9.2Li/c2*1-14-9-5-6-10-17(14)20-15(2)13-16(3)21-18-11-7-8-12-19(18)22-4;1-3-4-2;;/h5-13,21H,1-4H3;5-13H,1-4H3;1,3-4H2,2H3;;/q;2*-1;2*+1/b16-13-,20-15?;15-13-,21-16?;;;. The third kappa shape index (κ3) is 17.9. The molecule has 0 aliphatic rings. The van der Waals surface area contributed by atoms with Gasteiger partial charge in [0, 0.05) is 26.9 Å². The maximum atomic E-state index is 4.69. The molecule has 8 heteroatoms. The summed E-state index contributed by atoms with van der Waals surface area (Å²) in [6.45, 7) is 18.0. The van der Waals surface area contributed by atoms with Gasteiger partial charge < -0.3 is 17.6 Å². The number of thioether (sulfide) groups is 2. The van der Waals surface area contributed by atoms with Crippen LogP contribution >= 0.6 is 23.5 Å². The molecule has 4 aromatic rings. The Kier molecular flexibility index (Phi) is 25.4. The summed E-state index contributed by atoms with van der Waals surface area (Å²) in [5.74, 6) is 0. The van der Waals surface area contributed by atoms with Gasteiger partial charge in [-0.05, 0) is 89.1 Å². The summed E-state index contributed by atoms with van der Waals surface area (Å²) < 4.78 is 0. The summed E-state index contributed by atoms with van der Waals surface area (Å²) in [6, 6.07) is 32.8. The predicted molar refractivity (Wildman–Crippen MR) is 219 cm³/mol. The van der Waals surface area contributed by atoms with Gasteiger partial charge in [0.25, 0.3) is 0 Å². The second kappa shape index (κ2) is 26.9. The molecule has 254 valence electrons. The number of aryl methyl sites for hydroxylation is 2. The van der Waals surface area contributed by atoms with Crippen molar-refractivity contribution in [2.24, 2.45) is 9.98 Å². The number of rotatable bonds is 11. The fourth-order valence-electron chi connectivity index (χ4n) is 4.38. The van der Waals surface area contributed by atoms with Gasteiger partial charge in [0.05, 0.1) is 17.1 Å². The summed E-state index contributed by atoms with van der Waals surface area (Å²) >= 11 is 3.45. The van der Waals surface area contributed by atoms with Crippen LogP contribution in [0.5, 0.6) is 0 Å². The average Bonchev–Trinajstić information content (AvgIpc) is 3.07. The molecule has 0 unspecified atom stereocenters. The van der Waals surface area contributed by atoms with Gasteiger partial charge in [-0.3, -0.25) is 9.98 Å². The van der Waals surface area contributed by atoms with Crippen LogP contribution in [0.2, 0.25) is 0 Å². The second-order valence-corrected chi connectivity index (χ2v) is 12.9. The minimum Gasteiger partial charge on any atom is -0.661 e. The fraction of sp³-hybridized carbons (Fsp3) is 0.262. The van der Waals surface area contributed by atoms with Crippen molar-refractivity contribution in [2.45, 2.75) is 71.1 Å². The zero-order chi connectivity index (χ0) is 35.3. The van der Waals surface area contributed by atoms with Crippen LogP contribution in [-0.2, 0) is 0 Å². The van der Waals surface area contributed by atoms with Crippen LogP contribution in [0.4, 0.5) is 22.7 Å². The van der Waals surface area contributed by atoms with E-state index in [9.17, 15) is 0 Å². The molecule has 0 radical (unpaired) electrons. The number of nitrogens with one attached hydrogen (secondary N) is 1. The molecule has 1 N–H and O–H groups in total. The molecule has 0 bridgehead atoms. The average molecular weight is 691 g/mol. The molecule has 0 heterocycles. The smallest absolute Gasteiger partial charge is 0.661 e. The van der Waals surface area contributed by atoms with E-state index in [-0.39, 0.29) is 37.7 Å². The van der Waals surface area contributed by atoms with Crippen LogP contribution in [0.15, 0.2) is 140 Å². The number of anilines is 1. The number of aliphatic imine (C=N–C) groups is 2. The zero-order valence-corrected chi connectivity index (χ0v) is 33.8. The molecule has 50 heavy (non-hydrogen) atoms. The maximum Gasteiger partial charge on any atom is 1.00 e. The molecule has 4 aromatic carbocycles. The predicted octanol–water partition coefficient (Wildman–Crippen LogP) is 7.87. The van der Waals surface area contributed by atoms with Crippen LogP contribution in [0.25, 0.3) is 5.32 Å². The van der Waals surface area contributed by atoms with E-state index in [1.165, 1.54) is 27.3 Å². The van der Waals surface area contributed by atoms with E-state index >= 15 is 0 Å². The normalized spacial score (nSPS) is 11.5. The Bertz CT molecular complexity index is 1690. The number of para-hydroxylation sites is 4. The van der Waals surface area contributed by atoms with E-state index in [0.717, 1.165) is 52.0 Å². The Hall–Kier alpha value is -2.81. The summed E-state index contributed by atoms with van der Waals surface area (Å²) in [4.78, 5) is 11.8. The molecule has 0 saturated heterocycles. The molecule has 0 amide bonds. The van der Waals surface area contributed by atoms with Crippen molar-refractivity contribution >= 4 is 57.7 Å². The first-order valence-corrected chi connectivity index (χ1v) is 18.7. The number of nitrogens with zero attached hydrogens (tertiary/aromatic N) is 3. The van der Waals surface area contributed by atoms with Crippen molar-refractivity contribution in [3.8, 4) is 0 Å². The van der Waals surface area contributed by atoms with Crippen LogP contribution < -0.4 is 43.0 Å². The first kappa shape index (κ1) is 47.2. The Morgan fingerprint density at radius 2 is 1.16 bits per heavy atom. The van der Waals surface area contributed by atoms with Gasteiger partial charge in [0.2, 0.25) is 0 Å². The SMILES string of the molecule is CSc1ccccc1N/C(C)=C\C(C)=Nc1ccccc1C.CSc1ccccc1N=C(C)/C=C(/C)[N-]c1ccccc1C.[CH2-]CCC.[Li+].[Li+]. The van der Waals surface area contributed by atoms with E-state index in [1.807, 2.05) is 87.5 Å². The quantitative estimate of drug-likeness (QED) is 0.0755. The van der Waals surface area contributed by atoms with E-state index in [1.54, 1.807) is 23.5 Å². The Labute approximate surface area is 336 Å². The molecule has 4 rings (SSSR count). The fourth-order valence-corrected chi connectivity index (χ4v) is 5.47. The van der Waals surface area contributed by atoms with Crippen molar-refractivity contribution < 1.29 is 37.7 Å². The van der Waals surface area contributed by atoms with Crippen molar-refractivity contribution in [1.29, 1.82) is 0 Å². The van der Waals surface area contributed by atoms with Gasteiger partial charge in [0.1, 0.15) is 0 Å². The minimum atomic E-state index is 0. The van der Waals surface area contributed by atoms with Crippen molar-refractivity contribution in [3.63, 3.8) is 0 Å². The third-order valence-electron chi connectivity index (χ3n) is 6.84. The van der Waals surface area contributed by atoms with Gasteiger partial charge in [-0.1, -0.05) is 98.6 Å². The molecule has 0 aliphatic carbocycles. The van der Waals surface area contributed by atoms with E-state index in [4.69, 9.17) is 4.99 Å². The first-order valence-electron chi connectivity index (χ1n) is 16.2. The molecule has 0 saturated carbocycles. The molecule has 0 aliphatic heterocycles. The molecular weight excluding hydrogens is 639 g/mol. The number of benzene rings is 4. The molecule has 0 fully saturated rings. The minimum absolute atomic E-state index is 0. The van der Waals surface area contributed by atoms with E-state index in [0.29, 0.717) is 0 Å². The van der Waals surface area contributed by atoms with Gasteiger partial charge >= 0.3 is 37.7 Å². The van der Waals surface area contributed by atoms with Crippen LogP contribution in [0, 0.1) is 20.8 Å². The van der Waals surface area contributed by atoms with Crippen LogP contribution in [0.3, 0.4) is 0 Å².